The van der Waals surface area contributed by atoms with Gasteiger partial charge in [0.15, 0.2) is 0 Å². The first-order valence-electron chi connectivity index (χ1n) is 6.56. The molecule has 19 heavy (non-hydrogen) atoms. The number of nitrogens with one attached hydrogen (secondary N) is 2. The Morgan fingerprint density at radius 2 is 2.21 bits per heavy atom. The third-order valence-corrected chi connectivity index (χ3v) is 2.71. The van der Waals surface area contributed by atoms with Gasteiger partial charge in [-0.25, -0.2) is 4.79 Å². The zero-order valence-corrected chi connectivity index (χ0v) is 11.5. The Bertz CT molecular complexity index is 392. The van der Waals surface area contributed by atoms with Gasteiger partial charge in [-0.3, -0.25) is 0 Å². The van der Waals surface area contributed by atoms with Crippen molar-refractivity contribution in [3.63, 3.8) is 0 Å². The lowest BCUT2D eigenvalue weighted by Gasteiger charge is -2.15. The lowest BCUT2D eigenvalue weighted by molar-refractivity contribution is 0.214. The largest absolute Gasteiger partial charge is 0.494 e. The maximum absolute atomic E-state index is 11.6. The van der Waals surface area contributed by atoms with E-state index in [2.05, 4.69) is 10.6 Å². The first kappa shape index (κ1) is 15.3. The average molecular weight is 266 g/mol. The van der Waals surface area contributed by atoms with Crippen LogP contribution in [-0.4, -0.2) is 30.4 Å². The Kier molecular flexibility index (Phi) is 6.74. The van der Waals surface area contributed by atoms with Gasteiger partial charge in [-0.05, 0) is 31.0 Å². The van der Waals surface area contributed by atoms with Gasteiger partial charge < -0.3 is 20.5 Å². The van der Waals surface area contributed by atoms with Crippen LogP contribution < -0.4 is 15.4 Å². The molecule has 3 N–H and O–H groups in total. The highest BCUT2D eigenvalue weighted by molar-refractivity contribution is 5.74. The van der Waals surface area contributed by atoms with E-state index in [-0.39, 0.29) is 18.7 Å². The molecule has 0 aliphatic heterocycles. The number of carbonyl (C=O) groups excluding carboxylic acids is 1. The summed E-state index contributed by atoms with van der Waals surface area (Å²) in [6, 6.07) is 7.12. The molecule has 5 heteroatoms. The molecule has 1 atom stereocenters. The summed E-state index contributed by atoms with van der Waals surface area (Å²) in [5, 5.41) is 14.4. The molecule has 1 rings (SSSR count). The Hall–Kier alpha value is -1.75. The Labute approximate surface area is 114 Å². The lowest BCUT2D eigenvalue weighted by atomic mass is 10.2. The number of amides is 2. The molecule has 0 saturated carbocycles. The molecular formula is C14H22N2O3. The minimum absolute atomic E-state index is 0.0518. The van der Waals surface area contributed by atoms with Crippen molar-refractivity contribution < 1.29 is 14.6 Å². The van der Waals surface area contributed by atoms with E-state index in [0.29, 0.717) is 19.6 Å². The van der Waals surface area contributed by atoms with Crippen LogP contribution in [-0.2, 0) is 6.54 Å². The summed E-state index contributed by atoms with van der Waals surface area (Å²) in [5.74, 6) is 0.795. The van der Waals surface area contributed by atoms with Crippen molar-refractivity contribution in [2.24, 2.45) is 0 Å². The Morgan fingerprint density at radius 3 is 2.84 bits per heavy atom. The quantitative estimate of drug-likeness (QED) is 0.703. The van der Waals surface area contributed by atoms with Crippen molar-refractivity contribution >= 4 is 6.03 Å². The zero-order valence-electron chi connectivity index (χ0n) is 11.5. The van der Waals surface area contributed by atoms with E-state index >= 15 is 0 Å². The molecule has 0 heterocycles. The molecule has 0 aliphatic rings. The molecule has 5 nitrogen and oxygen atoms in total. The van der Waals surface area contributed by atoms with Gasteiger partial charge >= 0.3 is 6.03 Å². The van der Waals surface area contributed by atoms with Crippen molar-refractivity contribution in [3.05, 3.63) is 29.8 Å². The number of urea groups is 1. The number of hydrogen-bond donors (Lipinski definition) is 3. The van der Waals surface area contributed by atoms with Crippen LogP contribution in [0.2, 0.25) is 0 Å². The smallest absolute Gasteiger partial charge is 0.315 e. The van der Waals surface area contributed by atoms with Crippen LogP contribution in [0.5, 0.6) is 5.75 Å². The SMILES string of the molecule is CCOc1cccc(CNC(=O)NC(CC)CO)c1. The highest BCUT2D eigenvalue weighted by Gasteiger charge is 2.08. The molecular weight excluding hydrogens is 244 g/mol. The molecule has 0 aromatic heterocycles. The van der Waals surface area contributed by atoms with Crippen molar-refractivity contribution in [2.45, 2.75) is 32.9 Å². The van der Waals surface area contributed by atoms with E-state index in [1.54, 1.807) is 0 Å². The summed E-state index contributed by atoms with van der Waals surface area (Å²) >= 11 is 0. The van der Waals surface area contributed by atoms with E-state index in [0.717, 1.165) is 11.3 Å². The second-order valence-corrected chi connectivity index (χ2v) is 4.20. The second-order valence-electron chi connectivity index (χ2n) is 4.20. The van der Waals surface area contributed by atoms with E-state index in [1.165, 1.54) is 0 Å². The van der Waals surface area contributed by atoms with Crippen molar-refractivity contribution in [1.82, 2.24) is 10.6 Å². The van der Waals surface area contributed by atoms with Crippen LogP contribution in [0.15, 0.2) is 24.3 Å². The summed E-state index contributed by atoms with van der Waals surface area (Å²) < 4.78 is 5.39. The standard InChI is InChI=1S/C14H22N2O3/c1-3-12(10-17)16-14(18)15-9-11-6-5-7-13(8-11)19-4-2/h5-8,12,17H,3-4,9-10H2,1-2H3,(H2,15,16,18). The van der Waals surface area contributed by atoms with Gasteiger partial charge in [-0.1, -0.05) is 19.1 Å². The molecule has 0 spiro atoms. The average Bonchev–Trinajstić information content (AvgIpc) is 2.43. The van der Waals surface area contributed by atoms with Crippen LogP contribution in [0.3, 0.4) is 0 Å². The summed E-state index contributed by atoms with van der Waals surface area (Å²) in [6.07, 6.45) is 0.698. The highest BCUT2D eigenvalue weighted by Crippen LogP contribution is 2.12. The first-order valence-corrected chi connectivity index (χ1v) is 6.56. The number of aliphatic hydroxyl groups excluding tert-OH is 1. The molecule has 1 aromatic rings. The normalized spacial score (nSPS) is 11.7. The minimum atomic E-state index is -0.275. The third kappa shape index (κ3) is 5.61. The fraction of sp³-hybridized carbons (Fsp3) is 0.500. The van der Waals surface area contributed by atoms with Crippen LogP contribution in [0.25, 0.3) is 0 Å². The van der Waals surface area contributed by atoms with E-state index in [4.69, 9.17) is 9.84 Å². The van der Waals surface area contributed by atoms with Gasteiger partial charge in [-0.2, -0.15) is 0 Å². The van der Waals surface area contributed by atoms with Gasteiger partial charge in [0.05, 0.1) is 19.3 Å². The number of aliphatic hydroxyl groups is 1. The molecule has 0 aliphatic carbocycles. The van der Waals surface area contributed by atoms with Crippen LogP contribution >= 0.6 is 0 Å². The second kappa shape index (κ2) is 8.37. The summed E-state index contributed by atoms with van der Waals surface area (Å²) in [5.41, 5.74) is 0.971. The predicted molar refractivity (Wildman–Crippen MR) is 74.1 cm³/mol. The Balaban J connectivity index is 2.43. The van der Waals surface area contributed by atoms with Gasteiger partial charge in [0.2, 0.25) is 0 Å². The molecule has 0 saturated heterocycles. The summed E-state index contributed by atoms with van der Waals surface area (Å²) in [4.78, 5) is 11.6. The molecule has 0 radical (unpaired) electrons. The molecule has 1 aromatic carbocycles. The first-order chi connectivity index (χ1) is 9.19. The van der Waals surface area contributed by atoms with Crippen molar-refractivity contribution in [3.8, 4) is 5.75 Å². The van der Waals surface area contributed by atoms with Gasteiger partial charge in [-0.15, -0.1) is 0 Å². The van der Waals surface area contributed by atoms with Crippen LogP contribution in [0, 0.1) is 0 Å². The number of carbonyl (C=O) groups is 1. The number of ether oxygens (including phenoxy) is 1. The minimum Gasteiger partial charge on any atom is -0.494 e. The third-order valence-electron chi connectivity index (χ3n) is 2.71. The predicted octanol–water partition coefficient (Wildman–Crippen LogP) is 1.66. The fourth-order valence-electron chi connectivity index (χ4n) is 1.61. The van der Waals surface area contributed by atoms with Crippen LogP contribution in [0.1, 0.15) is 25.8 Å². The van der Waals surface area contributed by atoms with Crippen molar-refractivity contribution in [1.29, 1.82) is 0 Å². The maximum Gasteiger partial charge on any atom is 0.315 e. The molecule has 1 unspecified atom stereocenters. The number of benzene rings is 1. The Morgan fingerprint density at radius 1 is 1.42 bits per heavy atom. The fourth-order valence-corrected chi connectivity index (χ4v) is 1.61. The topological polar surface area (TPSA) is 70.6 Å². The molecule has 0 bridgehead atoms. The lowest BCUT2D eigenvalue weighted by Crippen LogP contribution is -2.43. The number of rotatable bonds is 7. The number of hydrogen-bond acceptors (Lipinski definition) is 3. The summed E-state index contributed by atoms with van der Waals surface area (Å²) in [6.45, 7) is 4.83. The zero-order chi connectivity index (χ0) is 14.1. The monoisotopic (exact) mass is 266 g/mol. The van der Waals surface area contributed by atoms with Gasteiger partial charge in [0.25, 0.3) is 0 Å². The maximum atomic E-state index is 11.6. The van der Waals surface area contributed by atoms with Crippen LogP contribution in [0.4, 0.5) is 4.79 Å². The van der Waals surface area contributed by atoms with Gasteiger partial charge in [0.1, 0.15) is 5.75 Å². The highest BCUT2D eigenvalue weighted by atomic mass is 16.5. The molecule has 106 valence electrons. The van der Waals surface area contributed by atoms with E-state index in [9.17, 15) is 4.79 Å². The van der Waals surface area contributed by atoms with E-state index < -0.39 is 0 Å². The summed E-state index contributed by atoms with van der Waals surface area (Å²) in [7, 11) is 0. The molecule has 0 fully saturated rings. The van der Waals surface area contributed by atoms with Crippen molar-refractivity contribution in [2.75, 3.05) is 13.2 Å². The van der Waals surface area contributed by atoms with Gasteiger partial charge in [0, 0.05) is 6.54 Å². The van der Waals surface area contributed by atoms with E-state index in [1.807, 2.05) is 38.1 Å². The molecule has 2 amide bonds.